The predicted octanol–water partition coefficient (Wildman–Crippen LogP) is 0.697. The molecule has 0 aliphatic heterocycles. The summed E-state index contributed by atoms with van der Waals surface area (Å²) in [5.41, 5.74) is 4.61. The van der Waals surface area contributed by atoms with Gasteiger partial charge in [0, 0.05) is 5.56 Å². The average molecular weight is 346 g/mol. The number of benzene rings is 1. The van der Waals surface area contributed by atoms with Gasteiger partial charge in [-0.3, -0.25) is 20.4 Å². The molecule has 0 unspecified atom stereocenters. The SMILES string of the molecule is O=C(Cn1nc(-c2ccc(F)cc2)oc1=O)NNC(=O)c1ccco1. The Labute approximate surface area is 139 Å². The van der Waals surface area contributed by atoms with Gasteiger partial charge in [0.15, 0.2) is 5.76 Å². The first-order chi connectivity index (χ1) is 12.0. The van der Waals surface area contributed by atoms with Crippen molar-refractivity contribution in [1.82, 2.24) is 20.6 Å². The smallest absolute Gasteiger partial charge is 0.437 e. The van der Waals surface area contributed by atoms with Gasteiger partial charge < -0.3 is 8.83 Å². The van der Waals surface area contributed by atoms with Crippen molar-refractivity contribution in [3.63, 3.8) is 0 Å². The van der Waals surface area contributed by atoms with Crippen LogP contribution in [0, 0.1) is 5.82 Å². The van der Waals surface area contributed by atoms with Gasteiger partial charge in [0.25, 0.3) is 5.91 Å². The van der Waals surface area contributed by atoms with Crippen molar-refractivity contribution in [2.24, 2.45) is 0 Å². The molecule has 3 aromatic rings. The molecule has 2 heterocycles. The third-order valence-corrected chi connectivity index (χ3v) is 3.05. The molecule has 25 heavy (non-hydrogen) atoms. The fraction of sp³-hybridized carbons (Fsp3) is 0.0667. The number of furan rings is 1. The Morgan fingerprint density at radius 1 is 1.16 bits per heavy atom. The molecule has 0 bridgehead atoms. The van der Waals surface area contributed by atoms with E-state index < -0.39 is 29.9 Å². The van der Waals surface area contributed by atoms with Crippen molar-refractivity contribution in [1.29, 1.82) is 0 Å². The average Bonchev–Trinajstić information content (AvgIpc) is 3.24. The van der Waals surface area contributed by atoms with Crippen LogP contribution >= 0.6 is 0 Å². The highest BCUT2D eigenvalue weighted by molar-refractivity contribution is 5.92. The summed E-state index contributed by atoms with van der Waals surface area (Å²) < 4.78 is 23.4. The van der Waals surface area contributed by atoms with E-state index in [4.69, 9.17) is 8.83 Å². The van der Waals surface area contributed by atoms with Crippen LogP contribution in [0.5, 0.6) is 0 Å². The van der Waals surface area contributed by atoms with E-state index in [2.05, 4.69) is 16.0 Å². The molecule has 0 saturated carbocycles. The standard InChI is InChI=1S/C15H11FN4O5/c16-10-5-3-9(4-6-10)14-19-20(15(23)25-14)8-12(21)17-18-13(22)11-2-1-7-24-11/h1-7H,8H2,(H,17,21)(H,18,22). The maximum Gasteiger partial charge on any atom is 0.437 e. The normalized spacial score (nSPS) is 10.4. The van der Waals surface area contributed by atoms with Gasteiger partial charge in [-0.05, 0) is 36.4 Å². The molecule has 2 amide bonds. The first-order valence-electron chi connectivity index (χ1n) is 6.99. The monoisotopic (exact) mass is 346 g/mol. The molecule has 2 N–H and O–H groups in total. The number of carbonyl (C=O) groups excluding carboxylic acids is 2. The molecule has 128 valence electrons. The minimum atomic E-state index is -0.869. The summed E-state index contributed by atoms with van der Waals surface area (Å²) in [6.07, 6.45) is 1.31. The first kappa shape index (κ1) is 16.2. The van der Waals surface area contributed by atoms with E-state index >= 15 is 0 Å². The van der Waals surface area contributed by atoms with Gasteiger partial charge >= 0.3 is 11.7 Å². The fourth-order valence-electron chi connectivity index (χ4n) is 1.89. The number of carbonyl (C=O) groups is 2. The van der Waals surface area contributed by atoms with Gasteiger partial charge in [-0.25, -0.2) is 9.18 Å². The highest BCUT2D eigenvalue weighted by Gasteiger charge is 2.14. The van der Waals surface area contributed by atoms with Crippen LogP contribution < -0.4 is 16.6 Å². The van der Waals surface area contributed by atoms with Crippen LogP contribution in [0.2, 0.25) is 0 Å². The van der Waals surface area contributed by atoms with Crippen LogP contribution in [0.25, 0.3) is 11.5 Å². The van der Waals surface area contributed by atoms with Gasteiger partial charge in [-0.2, -0.15) is 4.68 Å². The number of rotatable bonds is 4. The molecule has 0 aliphatic rings. The highest BCUT2D eigenvalue weighted by Crippen LogP contribution is 2.15. The van der Waals surface area contributed by atoms with Crippen molar-refractivity contribution in [3.05, 3.63) is 64.8 Å². The number of nitrogens with zero attached hydrogens (tertiary/aromatic N) is 2. The lowest BCUT2D eigenvalue weighted by molar-refractivity contribution is -0.122. The predicted molar refractivity (Wildman–Crippen MR) is 80.5 cm³/mol. The Morgan fingerprint density at radius 2 is 1.92 bits per heavy atom. The van der Waals surface area contributed by atoms with Gasteiger partial charge in [-0.1, -0.05) is 0 Å². The lowest BCUT2D eigenvalue weighted by atomic mass is 10.2. The summed E-state index contributed by atoms with van der Waals surface area (Å²) in [6.45, 7) is -0.484. The molecule has 0 radical (unpaired) electrons. The Morgan fingerprint density at radius 3 is 2.60 bits per heavy atom. The van der Waals surface area contributed by atoms with E-state index in [1.54, 1.807) is 0 Å². The number of hydrogen-bond donors (Lipinski definition) is 2. The second-order valence-corrected chi connectivity index (χ2v) is 4.82. The second-order valence-electron chi connectivity index (χ2n) is 4.82. The Balaban J connectivity index is 1.63. The minimum absolute atomic E-state index is 0.0116. The number of hydrogen-bond acceptors (Lipinski definition) is 6. The van der Waals surface area contributed by atoms with Gasteiger partial charge in [-0.15, -0.1) is 5.10 Å². The molecule has 1 aromatic carbocycles. The van der Waals surface area contributed by atoms with Crippen LogP contribution in [0.3, 0.4) is 0 Å². The molecular weight excluding hydrogens is 335 g/mol. The lowest BCUT2D eigenvalue weighted by Gasteiger charge is -2.04. The largest absolute Gasteiger partial charge is 0.459 e. The number of nitrogens with one attached hydrogen (secondary N) is 2. The molecule has 3 rings (SSSR count). The maximum atomic E-state index is 12.9. The highest BCUT2D eigenvalue weighted by atomic mass is 19.1. The van der Waals surface area contributed by atoms with Crippen molar-refractivity contribution >= 4 is 11.8 Å². The van der Waals surface area contributed by atoms with Crippen molar-refractivity contribution < 1.29 is 22.8 Å². The zero-order valence-electron chi connectivity index (χ0n) is 12.6. The maximum absolute atomic E-state index is 12.9. The molecule has 0 spiro atoms. The van der Waals surface area contributed by atoms with E-state index in [0.29, 0.717) is 5.56 Å². The third-order valence-electron chi connectivity index (χ3n) is 3.05. The summed E-state index contributed by atoms with van der Waals surface area (Å²) in [4.78, 5) is 35.1. The summed E-state index contributed by atoms with van der Waals surface area (Å²) in [7, 11) is 0. The van der Waals surface area contributed by atoms with Crippen molar-refractivity contribution in [2.45, 2.75) is 6.54 Å². The molecule has 2 aromatic heterocycles. The van der Waals surface area contributed by atoms with Crippen molar-refractivity contribution in [2.75, 3.05) is 0 Å². The van der Waals surface area contributed by atoms with E-state index in [0.717, 1.165) is 4.68 Å². The van der Waals surface area contributed by atoms with E-state index in [1.807, 2.05) is 0 Å². The van der Waals surface area contributed by atoms with Crippen LogP contribution in [-0.4, -0.2) is 21.6 Å². The molecule has 0 aliphatic carbocycles. The molecule has 10 heteroatoms. The third kappa shape index (κ3) is 3.80. The zero-order chi connectivity index (χ0) is 17.8. The Kier molecular flexibility index (Phi) is 4.42. The second kappa shape index (κ2) is 6.83. The number of amides is 2. The molecule has 0 atom stereocenters. The summed E-state index contributed by atoms with van der Waals surface area (Å²) in [6, 6.07) is 8.07. The number of halogens is 1. The summed E-state index contributed by atoms with van der Waals surface area (Å²) in [5, 5.41) is 3.85. The lowest BCUT2D eigenvalue weighted by Crippen LogP contribution is -2.44. The van der Waals surface area contributed by atoms with Gasteiger partial charge in [0.2, 0.25) is 5.89 Å². The molecule has 0 fully saturated rings. The van der Waals surface area contributed by atoms with Gasteiger partial charge in [0.05, 0.1) is 6.26 Å². The fourth-order valence-corrected chi connectivity index (χ4v) is 1.89. The zero-order valence-corrected chi connectivity index (χ0v) is 12.6. The number of hydrazine groups is 1. The first-order valence-corrected chi connectivity index (χ1v) is 6.99. The molecule has 9 nitrogen and oxygen atoms in total. The van der Waals surface area contributed by atoms with E-state index in [1.165, 1.54) is 42.7 Å². The summed E-state index contributed by atoms with van der Waals surface area (Å²) in [5.74, 6) is -2.72. The molecule has 0 saturated heterocycles. The van der Waals surface area contributed by atoms with Crippen LogP contribution in [0.1, 0.15) is 10.6 Å². The number of aromatic nitrogens is 2. The van der Waals surface area contributed by atoms with Gasteiger partial charge in [0.1, 0.15) is 12.4 Å². The quantitative estimate of drug-likeness (QED) is 0.671. The Hall–Kier alpha value is -3.69. The minimum Gasteiger partial charge on any atom is -0.459 e. The van der Waals surface area contributed by atoms with Crippen LogP contribution in [0.15, 0.2) is 56.3 Å². The molecular formula is C15H11FN4O5. The van der Waals surface area contributed by atoms with Crippen LogP contribution in [0.4, 0.5) is 4.39 Å². The van der Waals surface area contributed by atoms with E-state index in [-0.39, 0.29) is 11.7 Å². The van der Waals surface area contributed by atoms with E-state index in [9.17, 15) is 18.8 Å². The summed E-state index contributed by atoms with van der Waals surface area (Å²) >= 11 is 0. The topological polar surface area (TPSA) is 119 Å². The Bertz CT molecular complexity index is 943. The van der Waals surface area contributed by atoms with Crippen LogP contribution in [-0.2, 0) is 11.3 Å². The van der Waals surface area contributed by atoms with Crippen molar-refractivity contribution in [3.8, 4) is 11.5 Å².